The topological polar surface area (TPSA) is 96.8 Å². The van der Waals surface area contributed by atoms with E-state index in [0.29, 0.717) is 54.2 Å². The fraction of sp³-hybridized carbons (Fsp3) is 0.400. The van der Waals surface area contributed by atoms with Crippen molar-refractivity contribution in [3.05, 3.63) is 47.5 Å². The summed E-state index contributed by atoms with van der Waals surface area (Å²) in [6, 6.07) is 8.20. The number of fused-ring (bicyclic) bond motifs is 1. The molecule has 10 heteroatoms. The molecule has 0 atom stereocenters. The lowest BCUT2D eigenvalue weighted by molar-refractivity contribution is -0.144. The molecule has 1 aliphatic rings. The van der Waals surface area contributed by atoms with Gasteiger partial charge in [-0.2, -0.15) is 0 Å². The minimum absolute atomic E-state index is 0.00861. The average Bonchev–Trinajstić information content (AvgIpc) is 2.86. The molecule has 3 aromatic rings. The number of likely N-dealkylation sites (tertiary alicyclic amines) is 1. The second-order valence-electron chi connectivity index (χ2n) is 9.12. The molecule has 2 aromatic carbocycles. The van der Waals surface area contributed by atoms with Crippen LogP contribution in [0.15, 0.2) is 36.7 Å². The third-order valence-electron chi connectivity index (χ3n) is 6.12. The molecule has 1 fully saturated rings. The third kappa shape index (κ3) is 5.26. The molecule has 2 N–H and O–H groups in total. The van der Waals surface area contributed by atoms with E-state index in [-0.39, 0.29) is 29.3 Å². The van der Waals surface area contributed by atoms with Gasteiger partial charge in [-0.25, -0.2) is 14.4 Å². The van der Waals surface area contributed by atoms with E-state index < -0.39 is 11.2 Å². The van der Waals surface area contributed by atoms with Crippen LogP contribution in [-0.2, 0) is 4.79 Å². The molecular formula is C25H28ClFN4O4. The number of rotatable bonds is 7. The molecule has 0 spiro atoms. The Bertz CT molecular complexity index is 1230. The Morgan fingerprint density at radius 3 is 2.69 bits per heavy atom. The SMILES string of the molecule is COc1cc2c(Nc3cccc(Cl)c3F)ncnc2cc1OC1CCN(C(=O)C(C)(C)CO)CC1. The van der Waals surface area contributed by atoms with Gasteiger partial charge in [-0.05, 0) is 32.0 Å². The molecule has 1 saturated heterocycles. The lowest BCUT2D eigenvalue weighted by Crippen LogP contribution is -2.48. The zero-order valence-electron chi connectivity index (χ0n) is 19.8. The monoisotopic (exact) mass is 502 g/mol. The fourth-order valence-electron chi connectivity index (χ4n) is 4.00. The molecule has 1 amide bonds. The number of aromatic nitrogens is 2. The number of piperidine rings is 1. The largest absolute Gasteiger partial charge is 0.493 e. The number of nitrogens with one attached hydrogen (secondary N) is 1. The van der Waals surface area contributed by atoms with Gasteiger partial charge in [0.05, 0.1) is 35.4 Å². The number of aliphatic hydroxyl groups excluding tert-OH is 1. The lowest BCUT2D eigenvalue weighted by atomic mass is 9.91. The predicted octanol–water partition coefficient (Wildman–Crippen LogP) is 4.56. The summed E-state index contributed by atoms with van der Waals surface area (Å²) < 4.78 is 26.2. The zero-order valence-corrected chi connectivity index (χ0v) is 20.6. The van der Waals surface area contributed by atoms with Crippen molar-refractivity contribution in [3.8, 4) is 11.5 Å². The Labute approximate surface area is 208 Å². The Balaban J connectivity index is 1.53. The predicted molar refractivity (Wildman–Crippen MR) is 132 cm³/mol. The first-order chi connectivity index (χ1) is 16.7. The molecule has 0 radical (unpaired) electrons. The van der Waals surface area contributed by atoms with E-state index in [0.717, 1.165) is 0 Å². The van der Waals surface area contributed by atoms with Gasteiger partial charge in [-0.1, -0.05) is 17.7 Å². The number of amides is 1. The number of nitrogens with zero attached hydrogens (tertiary/aromatic N) is 3. The van der Waals surface area contributed by atoms with Crippen LogP contribution in [-0.4, -0.2) is 58.8 Å². The van der Waals surface area contributed by atoms with Crippen LogP contribution in [0.5, 0.6) is 11.5 Å². The number of hydrogen-bond acceptors (Lipinski definition) is 7. The summed E-state index contributed by atoms with van der Waals surface area (Å²) in [4.78, 5) is 23.0. The van der Waals surface area contributed by atoms with E-state index in [1.165, 1.54) is 12.4 Å². The second-order valence-corrected chi connectivity index (χ2v) is 9.53. The van der Waals surface area contributed by atoms with Crippen molar-refractivity contribution in [2.75, 3.05) is 32.1 Å². The molecule has 0 aliphatic carbocycles. The highest BCUT2D eigenvalue weighted by Crippen LogP contribution is 2.37. The molecule has 35 heavy (non-hydrogen) atoms. The first-order valence-electron chi connectivity index (χ1n) is 11.3. The second kappa shape index (κ2) is 10.2. The first-order valence-corrected chi connectivity index (χ1v) is 11.7. The molecule has 8 nitrogen and oxygen atoms in total. The highest BCUT2D eigenvalue weighted by atomic mass is 35.5. The molecule has 0 unspecified atom stereocenters. The Morgan fingerprint density at radius 2 is 2.00 bits per heavy atom. The van der Waals surface area contributed by atoms with Gasteiger partial charge in [0.2, 0.25) is 5.91 Å². The molecule has 186 valence electrons. The van der Waals surface area contributed by atoms with Gasteiger partial charge < -0.3 is 24.8 Å². The minimum atomic E-state index is -0.797. The standard InChI is InChI=1S/C25H28ClFN4O4/c1-25(2,13-32)24(33)31-9-7-15(8-10-31)35-21-12-19-16(11-20(21)34-3)23(29-14-28-19)30-18-6-4-5-17(26)22(18)27/h4-6,11-12,14-15,32H,7-10,13H2,1-3H3,(H,28,29,30). The van der Waals surface area contributed by atoms with Crippen molar-refractivity contribution in [2.45, 2.75) is 32.8 Å². The van der Waals surface area contributed by atoms with E-state index in [1.807, 2.05) is 0 Å². The van der Waals surface area contributed by atoms with Gasteiger partial charge in [0.1, 0.15) is 18.2 Å². The van der Waals surface area contributed by atoms with Crippen molar-refractivity contribution >= 4 is 39.9 Å². The van der Waals surface area contributed by atoms with E-state index in [4.69, 9.17) is 21.1 Å². The summed E-state index contributed by atoms with van der Waals surface area (Å²) in [5.74, 6) is 0.787. The zero-order chi connectivity index (χ0) is 25.2. The summed E-state index contributed by atoms with van der Waals surface area (Å²) >= 11 is 5.90. The first kappa shape index (κ1) is 24.9. The Kier molecular flexibility index (Phi) is 7.28. The lowest BCUT2D eigenvalue weighted by Gasteiger charge is -2.36. The number of carbonyl (C=O) groups is 1. The van der Waals surface area contributed by atoms with Gasteiger partial charge in [-0.3, -0.25) is 4.79 Å². The van der Waals surface area contributed by atoms with E-state index in [1.54, 1.807) is 50.1 Å². The normalized spacial score (nSPS) is 14.7. The van der Waals surface area contributed by atoms with Crippen molar-refractivity contribution in [1.82, 2.24) is 14.9 Å². The molecular weight excluding hydrogens is 475 g/mol. The van der Waals surface area contributed by atoms with Gasteiger partial charge in [0.25, 0.3) is 0 Å². The molecule has 1 aromatic heterocycles. The van der Waals surface area contributed by atoms with Crippen LogP contribution in [0.25, 0.3) is 10.9 Å². The third-order valence-corrected chi connectivity index (χ3v) is 6.41. The number of hydrogen-bond donors (Lipinski definition) is 2. The average molecular weight is 503 g/mol. The fourth-order valence-corrected chi connectivity index (χ4v) is 4.17. The number of benzene rings is 2. The Hall–Kier alpha value is -3.17. The summed E-state index contributed by atoms with van der Waals surface area (Å²) in [6.45, 7) is 4.38. The maximum atomic E-state index is 14.4. The van der Waals surface area contributed by atoms with Gasteiger partial charge >= 0.3 is 0 Å². The van der Waals surface area contributed by atoms with Crippen LogP contribution < -0.4 is 14.8 Å². The van der Waals surface area contributed by atoms with Crippen LogP contribution >= 0.6 is 11.6 Å². The molecule has 0 saturated carbocycles. The van der Waals surface area contributed by atoms with E-state index >= 15 is 0 Å². The van der Waals surface area contributed by atoms with Gasteiger partial charge in [0.15, 0.2) is 17.3 Å². The highest BCUT2D eigenvalue weighted by Gasteiger charge is 2.34. The number of methoxy groups -OCH3 is 1. The smallest absolute Gasteiger partial charge is 0.230 e. The summed E-state index contributed by atoms with van der Waals surface area (Å²) in [7, 11) is 1.54. The Morgan fingerprint density at radius 1 is 1.26 bits per heavy atom. The number of carbonyl (C=O) groups excluding carboxylic acids is 1. The van der Waals surface area contributed by atoms with Gasteiger partial charge in [-0.15, -0.1) is 0 Å². The van der Waals surface area contributed by atoms with E-state index in [9.17, 15) is 14.3 Å². The van der Waals surface area contributed by atoms with Crippen molar-refractivity contribution in [3.63, 3.8) is 0 Å². The molecule has 2 heterocycles. The quantitative estimate of drug-likeness (QED) is 0.488. The number of halogens is 2. The van der Waals surface area contributed by atoms with Crippen LogP contribution in [0.4, 0.5) is 15.9 Å². The summed E-state index contributed by atoms with van der Waals surface area (Å²) in [6.07, 6.45) is 2.58. The van der Waals surface area contributed by atoms with Crippen LogP contribution in [0.3, 0.4) is 0 Å². The van der Waals surface area contributed by atoms with Crippen molar-refractivity contribution < 1.29 is 23.8 Å². The van der Waals surface area contributed by atoms with Crippen molar-refractivity contribution in [1.29, 1.82) is 0 Å². The van der Waals surface area contributed by atoms with Crippen molar-refractivity contribution in [2.24, 2.45) is 5.41 Å². The molecule has 0 bridgehead atoms. The van der Waals surface area contributed by atoms with Crippen LogP contribution in [0.2, 0.25) is 5.02 Å². The maximum Gasteiger partial charge on any atom is 0.230 e. The molecule has 4 rings (SSSR count). The number of anilines is 2. The van der Waals surface area contributed by atoms with Crippen LogP contribution in [0, 0.1) is 11.2 Å². The minimum Gasteiger partial charge on any atom is -0.493 e. The summed E-state index contributed by atoms with van der Waals surface area (Å²) in [5, 5.41) is 13.1. The van der Waals surface area contributed by atoms with E-state index in [2.05, 4.69) is 15.3 Å². The number of aliphatic hydroxyl groups is 1. The molecule has 1 aliphatic heterocycles. The maximum absolute atomic E-state index is 14.4. The number of ether oxygens (including phenoxy) is 2. The van der Waals surface area contributed by atoms with Crippen LogP contribution in [0.1, 0.15) is 26.7 Å². The highest BCUT2D eigenvalue weighted by molar-refractivity contribution is 6.31. The summed E-state index contributed by atoms with van der Waals surface area (Å²) in [5.41, 5.74) is -0.00477. The van der Waals surface area contributed by atoms with Gasteiger partial charge in [0, 0.05) is 37.4 Å².